The van der Waals surface area contributed by atoms with Gasteiger partial charge in [0, 0.05) is 42.8 Å². The van der Waals surface area contributed by atoms with Gasteiger partial charge in [0.25, 0.3) is 0 Å². The Hall–Kier alpha value is -2.93. The third kappa shape index (κ3) is 2.35. The fraction of sp³-hybridized carbons (Fsp3) is 0.278. The van der Waals surface area contributed by atoms with Gasteiger partial charge >= 0.3 is 0 Å². The number of aromatic nitrogens is 3. The van der Waals surface area contributed by atoms with Crippen LogP contribution in [0, 0.1) is 5.21 Å². The Bertz CT molecular complexity index is 1010. The van der Waals surface area contributed by atoms with Gasteiger partial charge in [0.15, 0.2) is 18.2 Å². The quantitative estimate of drug-likeness (QED) is 0.450. The standard InChI is InChI=1S/C18H19N5O2/c1-21(2)9-7-19-13-4-5-14-16-15(13)18(24)11-6-8-23(25)10-12(11)17(16)20-22(14)3/h4-6,8,10,19H,7,9H2,1-3H3. The monoisotopic (exact) mass is 337 g/mol. The zero-order chi connectivity index (χ0) is 17.7. The molecule has 0 saturated heterocycles. The van der Waals surface area contributed by atoms with E-state index in [1.54, 1.807) is 10.7 Å². The minimum absolute atomic E-state index is 0.0750. The summed E-state index contributed by atoms with van der Waals surface area (Å²) < 4.78 is 2.46. The van der Waals surface area contributed by atoms with E-state index < -0.39 is 0 Å². The number of rotatable bonds is 4. The molecule has 1 aliphatic rings. The van der Waals surface area contributed by atoms with Gasteiger partial charge in [-0.15, -0.1) is 0 Å². The maximum absolute atomic E-state index is 13.1. The molecule has 0 bridgehead atoms. The van der Waals surface area contributed by atoms with E-state index in [1.807, 2.05) is 33.3 Å². The van der Waals surface area contributed by atoms with E-state index >= 15 is 0 Å². The molecule has 1 aliphatic carbocycles. The van der Waals surface area contributed by atoms with Crippen LogP contribution in [0.4, 0.5) is 5.69 Å². The number of hydrogen-bond donors (Lipinski definition) is 1. The predicted octanol–water partition coefficient (Wildman–Crippen LogP) is 1.39. The van der Waals surface area contributed by atoms with Gasteiger partial charge < -0.3 is 15.4 Å². The number of nitrogens with one attached hydrogen (secondary N) is 1. The number of hydrogen-bond acceptors (Lipinski definition) is 5. The number of nitrogens with zero attached hydrogens (tertiary/aromatic N) is 4. The molecular weight excluding hydrogens is 318 g/mol. The molecule has 0 atom stereocenters. The van der Waals surface area contributed by atoms with Crippen LogP contribution < -0.4 is 10.0 Å². The fourth-order valence-electron chi connectivity index (χ4n) is 3.34. The van der Waals surface area contributed by atoms with Gasteiger partial charge in [-0.2, -0.15) is 9.83 Å². The molecule has 7 heteroatoms. The highest BCUT2D eigenvalue weighted by Gasteiger charge is 2.32. The van der Waals surface area contributed by atoms with Crippen molar-refractivity contribution in [2.45, 2.75) is 0 Å². The molecule has 3 aromatic rings. The Balaban J connectivity index is 1.93. The minimum Gasteiger partial charge on any atom is -0.619 e. The van der Waals surface area contributed by atoms with Crippen molar-refractivity contribution >= 4 is 22.4 Å². The van der Waals surface area contributed by atoms with Gasteiger partial charge in [0.1, 0.15) is 5.69 Å². The number of likely N-dealkylation sites (N-methyl/N-ethyl adjacent to an activating group) is 1. The molecular formula is C18H19N5O2. The summed E-state index contributed by atoms with van der Waals surface area (Å²) >= 11 is 0. The number of pyridine rings is 1. The number of carbonyl (C=O) groups is 1. The molecule has 0 saturated carbocycles. The number of benzene rings is 1. The van der Waals surface area contributed by atoms with E-state index in [1.165, 1.54) is 12.4 Å². The lowest BCUT2D eigenvalue weighted by Crippen LogP contribution is -2.27. The molecule has 2 heterocycles. The van der Waals surface area contributed by atoms with Gasteiger partial charge in [0.05, 0.1) is 16.6 Å². The van der Waals surface area contributed by atoms with E-state index in [4.69, 9.17) is 0 Å². The zero-order valence-corrected chi connectivity index (χ0v) is 14.4. The highest BCUT2D eigenvalue weighted by Crippen LogP contribution is 2.40. The lowest BCUT2D eigenvalue weighted by atomic mass is 9.87. The molecule has 1 N–H and O–H groups in total. The van der Waals surface area contributed by atoms with Crippen molar-refractivity contribution in [2.24, 2.45) is 7.05 Å². The molecule has 25 heavy (non-hydrogen) atoms. The number of anilines is 1. The second kappa shape index (κ2) is 5.56. The Morgan fingerprint density at radius 1 is 1.28 bits per heavy atom. The highest BCUT2D eigenvalue weighted by molar-refractivity contribution is 6.27. The summed E-state index contributed by atoms with van der Waals surface area (Å²) in [7, 11) is 5.86. The Morgan fingerprint density at radius 2 is 2.08 bits per heavy atom. The molecule has 7 nitrogen and oxygen atoms in total. The van der Waals surface area contributed by atoms with Crippen LogP contribution in [0.15, 0.2) is 30.6 Å². The van der Waals surface area contributed by atoms with Gasteiger partial charge in [0.2, 0.25) is 0 Å². The molecule has 128 valence electrons. The van der Waals surface area contributed by atoms with Crippen LogP contribution >= 0.6 is 0 Å². The van der Waals surface area contributed by atoms with Gasteiger partial charge in [-0.3, -0.25) is 9.48 Å². The average molecular weight is 337 g/mol. The van der Waals surface area contributed by atoms with Gasteiger partial charge in [-0.1, -0.05) is 0 Å². The van der Waals surface area contributed by atoms with Crippen LogP contribution in [-0.2, 0) is 7.05 Å². The van der Waals surface area contributed by atoms with Crippen molar-refractivity contribution in [2.75, 3.05) is 32.5 Å². The fourth-order valence-corrected chi connectivity index (χ4v) is 3.34. The first-order chi connectivity index (χ1) is 12.0. The smallest absolute Gasteiger partial charge is 0.197 e. The van der Waals surface area contributed by atoms with E-state index in [-0.39, 0.29) is 5.78 Å². The molecule has 2 aromatic heterocycles. The SMILES string of the molecule is CN(C)CCNc1ccc2c3c(nn2C)-c2c[n+]([O-])ccc2C(=O)c13. The van der Waals surface area contributed by atoms with Crippen LogP contribution in [0.5, 0.6) is 0 Å². The summed E-state index contributed by atoms with van der Waals surface area (Å²) in [5.74, 6) is -0.0750. The molecule has 0 aliphatic heterocycles. The Labute approximate surface area is 145 Å². The largest absolute Gasteiger partial charge is 0.619 e. The van der Waals surface area contributed by atoms with Crippen molar-refractivity contribution < 1.29 is 9.52 Å². The molecule has 0 amide bonds. The summed E-state index contributed by atoms with van der Waals surface area (Å²) in [6.07, 6.45) is 2.77. The first-order valence-electron chi connectivity index (χ1n) is 8.13. The highest BCUT2D eigenvalue weighted by atomic mass is 16.5. The van der Waals surface area contributed by atoms with E-state index in [0.717, 1.165) is 29.7 Å². The number of aryl methyl sites for hydroxylation is 1. The summed E-state index contributed by atoms with van der Waals surface area (Å²) in [5, 5.41) is 20.4. The molecule has 1 aromatic carbocycles. The van der Waals surface area contributed by atoms with E-state index in [0.29, 0.717) is 27.1 Å². The normalized spacial score (nSPS) is 12.7. The maximum Gasteiger partial charge on any atom is 0.197 e. The van der Waals surface area contributed by atoms with E-state index in [9.17, 15) is 10.0 Å². The first-order valence-corrected chi connectivity index (χ1v) is 8.13. The van der Waals surface area contributed by atoms with E-state index in [2.05, 4.69) is 15.3 Å². The third-order valence-electron chi connectivity index (χ3n) is 4.55. The lowest BCUT2D eigenvalue weighted by molar-refractivity contribution is -0.604. The molecule has 4 rings (SSSR count). The summed E-state index contributed by atoms with van der Waals surface area (Å²) in [5.41, 5.74) is 4.10. The minimum atomic E-state index is -0.0750. The van der Waals surface area contributed by atoms with Crippen LogP contribution in [0.25, 0.3) is 22.2 Å². The third-order valence-corrected chi connectivity index (χ3v) is 4.55. The zero-order valence-electron chi connectivity index (χ0n) is 14.4. The van der Waals surface area contributed by atoms with Crippen LogP contribution in [0.2, 0.25) is 0 Å². The lowest BCUT2D eigenvalue weighted by Gasteiger charge is -2.19. The van der Waals surface area contributed by atoms with Gasteiger partial charge in [-0.05, 0) is 26.2 Å². The molecule has 0 radical (unpaired) electrons. The molecule has 0 unspecified atom stereocenters. The Kier molecular flexibility index (Phi) is 3.47. The van der Waals surface area contributed by atoms with Crippen molar-refractivity contribution in [1.29, 1.82) is 0 Å². The first kappa shape index (κ1) is 15.6. The second-order valence-corrected chi connectivity index (χ2v) is 6.55. The molecule has 0 spiro atoms. The second-order valence-electron chi connectivity index (χ2n) is 6.55. The van der Waals surface area contributed by atoms with Crippen molar-refractivity contribution in [1.82, 2.24) is 14.7 Å². The van der Waals surface area contributed by atoms with Crippen LogP contribution in [0.3, 0.4) is 0 Å². The van der Waals surface area contributed by atoms with Crippen molar-refractivity contribution in [3.8, 4) is 11.3 Å². The predicted molar refractivity (Wildman–Crippen MR) is 95.6 cm³/mol. The topological polar surface area (TPSA) is 77.1 Å². The summed E-state index contributed by atoms with van der Waals surface area (Å²) in [6.45, 7) is 1.59. The average Bonchev–Trinajstić information content (AvgIpc) is 2.90. The summed E-state index contributed by atoms with van der Waals surface area (Å²) in [4.78, 5) is 15.2. The maximum atomic E-state index is 13.1. The van der Waals surface area contributed by atoms with Crippen LogP contribution in [0.1, 0.15) is 15.9 Å². The molecule has 0 fully saturated rings. The number of carbonyl (C=O) groups excluding carboxylic acids is 1. The summed E-state index contributed by atoms with van der Waals surface area (Å²) in [6, 6.07) is 5.46. The van der Waals surface area contributed by atoms with Crippen molar-refractivity contribution in [3.63, 3.8) is 0 Å². The Morgan fingerprint density at radius 3 is 2.84 bits per heavy atom. The van der Waals surface area contributed by atoms with Gasteiger partial charge in [-0.25, -0.2) is 0 Å². The number of fused-ring (bicyclic) bond motifs is 2. The van der Waals surface area contributed by atoms with Crippen molar-refractivity contribution in [3.05, 3.63) is 46.9 Å². The number of ketones is 1. The van der Waals surface area contributed by atoms with Crippen LogP contribution in [-0.4, -0.2) is 47.6 Å².